The SMILES string of the molecule is C[C@H]1CN(c2ccc(CNc3ncccn3)cn2)C[C@H](C)O1. The summed E-state index contributed by atoms with van der Waals surface area (Å²) >= 11 is 0. The van der Waals surface area contributed by atoms with Crippen LogP contribution in [0, 0.1) is 0 Å². The highest BCUT2D eigenvalue weighted by Crippen LogP contribution is 2.18. The quantitative estimate of drug-likeness (QED) is 0.933. The van der Waals surface area contributed by atoms with Crippen LogP contribution in [0.5, 0.6) is 0 Å². The number of pyridine rings is 1. The van der Waals surface area contributed by atoms with E-state index in [0.717, 1.165) is 24.5 Å². The third-order valence-electron chi connectivity index (χ3n) is 3.57. The zero-order valence-corrected chi connectivity index (χ0v) is 12.9. The van der Waals surface area contributed by atoms with Crippen molar-refractivity contribution in [1.82, 2.24) is 15.0 Å². The van der Waals surface area contributed by atoms with Gasteiger partial charge in [0.25, 0.3) is 0 Å². The van der Waals surface area contributed by atoms with Gasteiger partial charge in [-0.25, -0.2) is 15.0 Å². The van der Waals surface area contributed by atoms with E-state index in [1.165, 1.54) is 0 Å². The summed E-state index contributed by atoms with van der Waals surface area (Å²) in [4.78, 5) is 15.1. The number of aromatic nitrogens is 3. The Balaban J connectivity index is 1.60. The Labute approximate surface area is 130 Å². The van der Waals surface area contributed by atoms with Crippen molar-refractivity contribution in [2.45, 2.75) is 32.6 Å². The molecule has 3 heterocycles. The molecule has 0 bridgehead atoms. The molecule has 0 saturated carbocycles. The van der Waals surface area contributed by atoms with Gasteiger partial charge >= 0.3 is 0 Å². The molecular formula is C16H21N5O. The van der Waals surface area contributed by atoms with Crippen LogP contribution in [0.3, 0.4) is 0 Å². The lowest BCUT2D eigenvalue weighted by Crippen LogP contribution is -2.45. The second kappa shape index (κ2) is 6.70. The van der Waals surface area contributed by atoms with Crippen LogP contribution in [-0.4, -0.2) is 40.2 Å². The minimum absolute atomic E-state index is 0.238. The number of hydrogen-bond acceptors (Lipinski definition) is 6. The van der Waals surface area contributed by atoms with Crippen molar-refractivity contribution < 1.29 is 4.74 Å². The first kappa shape index (κ1) is 14.7. The predicted molar refractivity (Wildman–Crippen MR) is 85.8 cm³/mol. The van der Waals surface area contributed by atoms with E-state index in [2.05, 4.69) is 51.1 Å². The Morgan fingerprint density at radius 1 is 1.14 bits per heavy atom. The van der Waals surface area contributed by atoms with Crippen molar-refractivity contribution in [2.75, 3.05) is 23.3 Å². The van der Waals surface area contributed by atoms with Crippen molar-refractivity contribution in [1.29, 1.82) is 0 Å². The zero-order valence-electron chi connectivity index (χ0n) is 12.9. The van der Waals surface area contributed by atoms with E-state index < -0.39 is 0 Å². The summed E-state index contributed by atoms with van der Waals surface area (Å²) in [6.45, 7) is 6.62. The van der Waals surface area contributed by atoms with E-state index in [0.29, 0.717) is 12.5 Å². The first-order valence-electron chi connectivity index (χ1n) is 7.57. The van der Waals surface area contributed by atoms with Gasteiger partial charge in [0, 0.05) is 38.2 Å². The topological polar surface area (TPSA) is 63.2 Å². The fraction of sp³-hybridized carbons (Fsp3) is 0.438. The lowest BCUT2D eigenvalue weighted by molar-refractivity contribution is -0.00545. The molecule has 2 aromatic rings. The van der Waals surface area contributed by atoms with Gasteiger partial charge < -0.3 is 15.0 Å². The maximum absolute atomic E-state index is 5.76. The van der Waals surface area contributed by atoms with E-state index in [4.69, 9.17) is 4.74 Å². The third-order valence-corrected chi connectivity index (χ3v) is 3.57. The summed E-state index contributed by atoms with van der Waals surface area (Å²) in [6.07, 6.45) is 5.81. The normalized spacial score (nSPS) is 21.6. The molecule has 2 atom stereocenters. The van der Waals surface area contributed by atoms with Gasteiger partial charge in [-0.05, 0) is 31.5 Å². The summed E-state index contributed by atoms with van der Waals surface area (Å²) in [5.74, 6) is 1.63. The molecule has 0 amide bonds. The van der Waals surface area contributed by atoms with Crippen LogP contribution in [0.25, 0.3) is 0 Å². The van der Waals surface area contributed by atoms with E-state index in [1.54, 1.807) is 18.5 Å². The molecule has 0 aliphatic carbocycles. The van der Waals surface area contributed by atoms with E-state index in [-0.39, 0.29) is 12.2 Å². The predicted octanol–water partition coefficient (Wildman–Crippen LogP) is 2.10. The number of nitrogens with zero attached hydrogens (tertiary/aromatic N) is 4. The van der Waals surface area contributed by atoms with Crippen LogP contribution < -0.4 is 10.2 Å². The molecule has 1 fully saturated rings. The Morgan fingerprint density at radius 3 is 2.50 bits per heavy atom. The molecule has 1 saturated heterocycles. The fourth-order valence-electron chi connectivity index (χ4n) is 2.64. The van der Waals surface area contributed by atoms with Crippen LogP contribution in [0.4, 0.5) is 11.8 Å². The molecule has 0 spiro atoms. The molecule has 6 heteroatoms. The molecule has 2 aromatic heterocycles. The molecule has 1 aliphatic rings. The van der Waals surface area contributed by atoms with Gasteiger partial charge in [-0.2, -0.15) is 0 Å². The summed E-state index contributed by atoms with van der Waals surface area (Å²) in [5, 5.41) is 3.18. The van der Waals surface area contributed by atoms with Crippen LogP contribution in [0.15, 0.2) is 36.8 Å². The molecule has 1 N–H and O–H groups in total. The number of anilines is 2. The summed E-state index contributed by atoms with van der Waals surface area (Å²) in [6, 6.07) is 5.95. The van der Waals surface area contributed by atoms with Gasteiger partial charge in [0.2, 0.25) is 5.95 Å². The van der Waals surface area contributed by atoms with E-state index in [1.807, 2.05) is 6.20 Å². The minimum Gasteiger partial charge on any atom is -0.372 e. The molecule has 0 radical (unpaired) electrons. The van der Waals surface area contributed by atoms with Crippen molar-refractivity contribution in [3.63, 3.8) is 0 Å². The summed E-state index contributed by atoms with van der Waals surface area (Å²) in [7, 11) is 0. The first-order valence-corrected chi connectivity index (χ1v) is 7.57. The van der Waals surface area contributed by atoms with Crippen molar-refractivity contribution in [3.05, 3.63) is 42.4 Å². The molecule has 22 heavy (non-hydrogen) atoms. The standard InChI is InChI=1S/C16H21N5O/c1-12-10-21(11-13(2)22-12)15-5-4-14(8-19-15)9-20-16-17-6-3-7-18-16/h3-8,12-13H,9-11H2,1-2H3,(H,17,18,20)/t12-,13-/m0/s1. The molecule has 0 unspecified atom stereocenters. The van der Waals surface area contributed by atoms with Gasteiger partial charge in [-0.15, -0.1) is 0 Å². The van der Waals surface area contributed by atoms with Crippen LogP contribution in [-0.2, 0) is 11.3 Å². The maximum Gasteiger partial charge on any atom is 0.222 e. The average Bonchev–Trinajstić information content (AvgIpc) is 2.53. The van der Waals surface area contributed by atoms with Crippen molar-refractivity contribution >= 4 is 11.8 Å². The van der Waals surface area contributed by atoms with Gasteiger partial charge in [0.15, 0.2) is 0 Å². The molecular weight excluding hydrogens is 278 g/mol. The van der Waals surface area contributed by atoms with Crippen LogP contribution >= 0.6 is 0 Å². The Kier molecular flexibility index (Phi) is 4.48. The van der Waals surface area contributed by atoms with E-state index in [9.17, 15) is 0 Å². The monoisotopic (exact) mass is 299 g/mol. The number of ether oxygens (including phenoxy) is 1. The molecule has 116 valence electrons. The maximum atomic E-state index is 5.76. The number of hydrogen-bond donors (Lipinski definition) is 1. The van der Waals surface area contributed by atoms with Gasteiger partial charge in [0.1, 0.15) is 5.82 Å². The number of morpholine rings is 1. The third kappa shape index (κ3) is 3.71. The van der Waals surface area contributed by atoms with Crippen molar-refractivity contribution in [3.8, 4) is 0 Å². The fourth-order valence-corrected chi connectivity index (χ4v) is 2.64. The second-order valence-electron chi connectivity index (χ2n) is 5.61. The Hall–Kier alpha value is -2.21. The molecule has 6 nitrogen and oxygen atoms in total. The highest BCUT2D eigenvalue weighted by Gasteiger charge is 2.22. The zero-order chi connectivity index (χ0) is 15.4. The smallest absolute Gasteiger partial charge is 0.222 e. The number of rotatable bonds is 4. The summed E-state index contributed by atoms with van der Waals surface area (Å²) in [5.41, 5.74) is 1.10. The van der Waals surface area contributed by atoms with Gasteiger partial charge in [0.05, 0.1) is 12.2 Å². The second-order valence-corrected chi connectivity index (χ2v) is 5.61. The summed E-state index contributed by atoms with van der Waals surface area (Å²) < 4.78 is 5.76. The molecule has 0 aromatic carbocycles. The van der Waals surface area contributed by atoms with Crippen LogP contribution in [0.2, 0.25) is 0 Å². The lowest BCUT2D eigenvalue weighted by Gasteiger charge is -2.36. The minimum atomic E-state index is 0.238. The van der Waals surface area contributed by atoms with E-state index >= 15 is 0 Å². The Morgan fingerprint density at radius 2 is 1.86 bits per heavy atom. The Bertz CT molecular complexity index is 579. The molecule has 3 rings (SSSR count). The first-order chi connectivity index (χ1) is 10.7. The highest BCUT2D eigenvalue weighted by atomic mass is 16.5. The lowest BCUT2D eigenvalue weighted by atomic mass is 10.2. The highest BCUT2D eigenvalue weighted by molar-refractivity contribution is 5.40. The van der Waals surface area contributed by atoms with Crippen LogP contribution in [0.1, 0.15) is 19.4 Å². The van der Waals surface area contributed by atoms with Crippen molar-refractivity contribution in [2.24, 2.45) is 0 Å². The van der Waals surface area contributed by atoms with Gasteiger partial charge in [-0.3, -0.25) is 0 Å². The van der Waals surface area contributed by atoms with Gasteiger partial charge in [-0.1, -0.05) is 6.07 Å². The number of nitrogens with one attached hydrogen (secondary N) is 1. The average molecular weight is 299 g/mol. The molecule has 1 aliphatic heterocycles. The largest absolute Gasteiger partial charge is 0.372 e.